The number of nitrogens with one attached hydrogen (secondary N) is 1. The van der Waals surface area contributed by atoms with Crippen LogP contribution in [-0.4, -0.2) is 32.0 Å². The Labute approximate surface area is 151 Å². The number of hydrogen-bond donors (Lipinski definition) is 1. The number of aryl methyl sites for hydroxylation is 2. The van der Waals surface area contributed by atoms with Gasteiger partial charge in [-0.15, -0.1) is 0 Å². The summed E-state index contributed by atoms with van der Waals surface area (Å²) >= 11 is 0. The maximum atomic E-state index is 12.4. The number of carbonyl (C=O) groups excluding carboxylic acids is 1. The van der Waals surface area contributed by atoms with Crippen LogP contribution in [0.25, 0.3) is 22.2 Å². The van der Waals surface area contributed by atoms with Crippen LogP contribution in [0.4, 0.5) is 0 Å². The molecule has 1 atom stereocenters. The largest absolute Gasteiger partial charge is 0.361 e. The van der Waals surface area contributed by atoms with E-state index in [1.807, 2.05) is 19.9 Å². The molecule has 2 aliphatic rings. The molecule has 1 aliphatic carbocycles. The number of carbonyl (C=O) groups is 1. The summed E-state index contributed by atoms with van der Waals surface area (Å²) in [7, 11) is 0. The molecule has 0 bridgehead atoms. The van der Waals surface area contributed by atoms with E-state index in [1.54, 1.807) is 0 Å². The number of amides is 1. The van der Waals surface area contributed by atoms with Gasteiger partial charge in [0.2, 0.25) is 5.91 Å². The molecular formula is C20H22N4O2. The smallest absolute Gasteiger partial charge is 0.223 e. The molecule has 1 amide bonds. The maximum Gasteiger partial charge on any atom is 0.223 e. The third-order valence-electron chi connectivity index (χ3n) is 5.57. The highest BCUT2D eigenvalue weighted by molar-refractivity contribution is 5.83. The molecule has 1 aromatic carbocycles. The van der Waals surface area contributed by atoms with E-state index in [0.717, 1.165) is 65.1 Å². The van der Waals surface area contributed by atoms with Crippen molar-refractivity contribution in [2.45, 2.75) is 58.0 Å². The first-order valence-electron chi connectivity index (χ1n) is 9.36. The van der Waals surface area contributed by atoms with E-state index in [1.165, 1.54) is 0 Å². The number of aromatic amines is 1. The van der Waals surface area contributed by atoms with Gasteiger partial charge in [0.15, 0.2) is 0 Å². The van der Waals surface area contributed by atoms with E-state index >= 15 is 0 Å². The topological polar surface area (TPSA) is 75.0 Å². The first-order valence-corrected chi connectivity index (χ1v) is 9.36. The number of likely N-dealkylation sites (tertiary alicyclic amines) is 1. The summed E-state index contributed by atoms with van der Waals surface area (Å²) in [5.74, 6) is 2.01. The number of hydrogen-bond acceptors (Lipinski definition) is 4. The van der Waals surface area contributed by atoms with Crippen LogP contribution in [0.15, 0.2) is 22.7 Å². The number of nitrogens with zero attached hydrogens (tertiary/aromatic N) is 3. The summed E-state index contributed by atoms with van der Waals surface area (Å²) in [5.41, 5.74) is 4.92. The van der Waals surface area contributed by atoms with Crippen LogP contribution in [0, 0.1) is 13.8 Å². The van der Waals surface area contributed by atoms with Gasteiger partial charge in [-0.25, -0.2) is 4.98 Å². The molecule has 2 aromatic heterocycles. The lowest BCUT2D eigenvalue weighted by Gasteiger charge is -2.34. The van der Waals surface area contributed by atoms with Crippen molar-refractivity contribution in [1.82, 2.24) is 20.0 Å². The molecule has 1 unspecified atom stereocenters. The lowest BCUT2D eigenvalue weighted by atomic mass is 10.0. The van der Waals surface area contributed by atoms with Gasteiger partial charge in [-0.2, -0.15) is 0 Å². The molecule has 1 saturated carbocycles. The molecule has 26 heavy (non-hydrogen) atoms. The molecule has 0 radical (unpaired) electrons. The second-order valence-electron chi connectivity index (χ2n) is 7.49. The Morgan fingerprint density at radius 3 is 2.81 bits per heavy atom. The Balaban J connectivity index is 1.55. The number of rotatable bonds is 3. The first kappa shape index (κ1) is 15.6. The molecule has 1 saturated heterocycles. The summed E-state index contributed by atoms with van der Waals surface area (Å²) in [6.45, 7) is 3.88. The zero-order valence-corrected chi connectivity index (χ0v) is 15.1. The number of H-pyrrole nitrogens is 1. The van der Waals surface area contributed by atoms with Crippen molar-refractivity contribution in [2.75, 3.05) is 0 Å². The van der Waals surface area contributed by atoms with Crippen LogP contribution in [-0.2, 0) is 4.79 Å². The fraction of sp³-hybridized carbons (Fsp3) is 0.450. The molecule has 2 fully saturated rings. The minimum Gasteiger partial charge on any atom is -0.361 e. The predicted molar refractivity (Wildman–Crippen MR) is 97.5 cm³/mol. The minimum atomic E-state index is 0.0821. The third-order valence-corrected chi connectivity index (χ3v) is 5.57. The van der Waals surface area contributed by atoms with Gasteiger partial charge in [0.1, 0.15) is 11.6 Å². The number of fused-ring (bicyclic) bond motifs is 1. The van der Waals surface area contributed by atoms with Crippen molar-refractivity contribution < 1.29 is 9.32 Å². The standard InChI is InChI=1S/C20H22N4O2/c1-11-19(12(2)26-23-11)13-6-9-15-16(10-13)22-20(21-15)17-4-3-5-18(25)24(17)14-7-8-14/h6,9-10,14,17H,3-5,7-8H2,1-2H3,(H,21,22). The monoisotopic (exact) mass is 350 g/mol. The van der Waals surface area contributed by atoms with Crippen molar-refractivity contribution in [2.24, 2.45) is 0 Å². The van der Waals surface area contributed by atoms with Crippen molar-refractivity contribution in [1.29, 1.82) is 0 Å². The fourth-order valence-electron chi connectivity index (χ4n) is 4.21. The predicted octanol–water partition coefficient (Wildman–Crippen LogP) is 4.05. The summed E-state index contributed by atoms with van der Waals surface area (Å²) in [4.78, 5) is 22.8. The van der Waals surface area contributed by atoms with Crippen LogP contribution >= 0.6 is 0 Å². The van der Waals surface area contributed by atoms with Crippen molar-refractivity contribution >= 4 is 16.9 Å². The van der Waals surface area contributed by atoms with Gasteiger partial charge in [0.25, 0.3) is 0 Å². The number of aromatic nitrogens is 3. The Morgan fingerprint density at radius 1 is 1.23 bits per heavy atom. The second-order valence-corrected chi connectivity index (χ2v) is 7.49. The number of benzene rings is 1. The molecular weight excluding hydrogens is 328 g/mol. The van der Waals surface area contributed by atoms with E-state index in [0.29, 0.717) is 12.5 Å². The lowest BCUT2D eigenvalue weighted by molar-refractivity contribution is -0.137. The molecule has 3 heterocycles. The number of piperidine rings is 1. The summed E-state index contributed by atoms with van der Waals surface area (Å²) < 4.78 is 5.30. The summed E-state index contributed by atoms with van der Waals surface area (Å²) in [5, 5.41) is 4.05. The highest BCUT2D eigenvalue weighted by atomic mass is 16.5. The van der Waals surface area contributed by atoms with Crippen LogP contribution in [0.5, 0.6) is 0 Å². The zero-order chi connectivity index (χ0) is 17.8. The van der Waals surface area contributed by atoms with Gasteiger partial charge in [0, 0.05) is 18.0 Å². The quantitative estimate of drug-likeness (QED) is 0.773. The first-order chi connectivity index (χ1) is 12.6. The van der Waals surface area contributed by atoms with Crippen LogP contribution in [0.2, 0.25) is 0 Å². The van der Waals surface area contributed by atoms with Gasteiger partial charge in [0.05, 0.1) is 22.8 Å². The normalized spacial score (nSPS) is 20.9. The Kier molecular flexibility index (Phi) is 3.42. The number of imidazole rings is 1. The summed E-state index contributed by atoms with van der Waals surface area (Å²) in [6, 6.07) is 6.69. The van der Waals surface area contributed by atoms with Crippen molar-refractivity contribution in [3.8, 4) is 11.1 Å². The van der Waals surface area contributed by atoms with Gasteiger partial charge in [-0.1, -0.05) is 11.2 Å². The summed E-state index contributed by atoms with van der Waals surface area (Å²) in [6.07, 6.45) is 4.84. The Morgan fingerprint density at radius 2 is 2.08 bits per heavy atom. The zero-order valence-electron chi connectivity index (χ0n) is 15.1. The third kappa shape index (κ3) is 2.43. The Hall–Kier alpha value is -2.63. The van der Waals surface area contributed by atoms with E-state index in [9.17, 15) is 4.79 Å². The molecule has 1 N–H and O–H groups in total. The highest BCUT2D eigenvalue weighted by Gasteiger charge is 2.40. The minimum absolute atomic E-state index is 0.0821. The molecule has 6 nitrogen and oxygen atoms in total. The molecule has 0 spiro atoms. The SMILES string of the molecule is Cc1noc(C)c1-c1ccc2nc(C3CCCC(=O)N3C3CC3)[nH]c2c1. The van der Waals surface area contributed by atoms with Gasteiger partial charge >= 0.3 is 0 Å². The Bertz CT molecular complexity index is 979. The van der Waals surface area contributed by atoms with Gasteiger partial charge in [-0.05, 0) is 57.2 Å². The van der Waals surface area contributed by atoms with Crippen LogP contribution in [0.3, 0.4) is 0 Å². The van der Waals surface area contributed by atoms with Crippen LogP contribution in [0.1, 0.15) is 55.4 Å². The molecule has 1 aliphatic heterocycles. The fourth-order valence-corrected chi connectivity index (χ4v) is 4.21. The van der Waals surface area contributed by atoms with E-state index in [4.69, 9.17) is 9.51 Å². The molecule has 5 rings (SSSR count). The second kappa shape index (κ2) is 5.69. The average molecular weight is 350 g/mol. The lowest BCUT2D eigenvalue weighted by Crippen LogP contribution is -2.40. The van der Waals surface area contributed by atoms with Crippen molar-refractivity contribution in [3.63, 3.8) is 0 Å². The van der Waals surface area contributed by atoms with E-state index < -0.39 is 0 Å². The molecule has 3 aromatic rings. The van der Waals surface area contributed by atoms with E-state index in [-0.39, 0.29) is 11.9 Å². The van der Waals surface area contributed by atoms with Crippen LogP contribution < -0.4 is 0 Å². The average Bonchev–Trinajstić information content (AvgIpc) is 3.28. The van der Waals surface area contributed by atoms with Gasteiger partial charge < -0.3 is 14.4 Å². The maximum absolute atomic E-state index is 12.4. The molecule has 6 heteroatoms. The van der Waals surface area contributed by atoms with Gasteiger partial charge in [-0.3, -0.25) is 4.79 Å². The van der Waals surface area contributed by atoms with Crippen molar-refractivity contribution in [3.05, 3.63) is 35.5 Å². The molecule has 134 valence electrons. The van der Waals surface area contributed by atoms with E-state index in [2.05, 4.69) is 27.2 Å². The highest BCUT2D eigenvalue weighted by Crippen LogP contribution is 2.40.